The van der Waals surface area contributed by atoms with Crippen LogP contribution in [-0.2, 0) is 0 Å². The standard InChI is InChI=1S/C26H50/c1-3-5-7-9-11-13-15-17-19-21-23-25-26-24-22-20-18-16-14-12-10-8-6-4-2/h3-24H2,1-2H3. The molecular formula is C26H50. The van der Waals surface area contributed by atoms with Crippen LogP contribution in [0.1, 0.15) is 155 Å². The van der Waals surface area contributed by atoms with Crippen LogP contribution >= 0.6 is 0 Å². The molecule has 0 saturated carbocycles. The van der Waals surface area contributed by atoms with E-state index in [9.17, 15) is 0 Å². The third-order valence-electron chi connectivity index (χ3n) is 5.44. The zero-order valence-electron chi connectivity index (χ0n) is 18.6. The minimum absolute atomic E-state index is 1.13. The molecule has 0 aromatic heterocycles. The summed E-state index contributed by atoms with van der Waals surface area (Å²) >= 11 is 0. The van der Waals surface area contributed by atoms with Crippen LogP contribution in [0, 0.1) is 11.8 Å². The van der Waals surface area contributed by atoms with Crippen molar-refractivity contribution in [1.29, 1.82) is 0 Å². The first kappa shape index (κ1) is 25.6. The molecule has 0 nitrogen and oxygen atoms in total. The molecule has 26 heavy (non-hydrogen) atoms. The topological polar surface area (TPSA) is 0 Å². The third kappa shape index (κ3) is 23.6. The molecule has 0 heterocycles. The summed E-state index contributed by atoms with van der Waals surface area (Å²) in [5.41, 5.74) is 0. The Kier molecular flexibility index (Phi) is 24.1. The van der Waals surface area contributed by atoms with Crippen LogP contribution < -0.4 is 0 Å². The second-order valence-electron chi connectivity index (χ2n) is 8.22. The van der Waals surface area contributed by atoms with Crippen molar-refractivity contribution in [1.82, 2.24) is 0 Å². The molecule has 0 spiro atoms. The van der Waals surface area contributed by atoms with Gasteiger partial charge in [0, 0.05) is 12.8 Å². The zero-order chi connectivity index (χ0) is 19.0. The van der Waals surface area contributed by atoms with Gasteiger partial charge in [-0.3, -0.25) is 0 Å². The highest BCUT2D eigenvalue weighted by Gasteiger charge is 1.93. The first-order valence-corrected chi connectivity index (χ1v) is 12.4. The minimum Gasteiger partial charge on any atom is -0.103 e. The van der Waals surface area contributed by atoms with Gasteiger partial charge in [0.1, 0.15) is 0 Å². The Hall–Kier alpha value is -0.440. The van der Waals surface area contributed by atoms with E-state index in [2.05, 4.69) is 25.7 Å². The molecule has 0 atom stereocenters. The predicted molar refractivity (Wildman–Crippen MR) is 121 cm³/mol. The number of hydrogen-bond acceptors (Lipinski definition) is 0. The fraction of sp³-hybridized carbons (Fsp3) is 0.923. The monoisotopic (exact) mass is 362 g/mol. The smallest absolute Gasteiger partial charge is 0.00886 e. The number of rotatable bonds is 20. The molecule has 0 aliphatic carbocycles. The van der Waals surface area contributed by atoms with Crippen molar-refractivity contribution in [3.63, 3.8) is 0 Å². The Morgan fingerprint density at radius 3 is 0.808 bits per heavy atom. The predicted octanol–water partition coefficient (Wildman–Crippen LogP) is 9.61. The summed E-state index contributed by atoms with van der Waals surface area (Å²) in [5.74, 6) is 6.78. The summed E-state index contributed by atoms with van der Waals surface area (Å²) in [4.78, 5) is 0. The van der Waals surface area contributed by atoms with Crippen LogP contribution in [0.25, 0.3) is 0 Å². The summed E-state index contributed by atoms with van der Waals surface area (Å²) in [6, 6.07) is 0. The summed E-state index contributed by atoms with van der Waals surface area (Å²) in [5, 5.41) is 0. The van der Waals surface area contributed by atoms with Crippen molar-refractivity contribution >= 4 is 0 Å². The number of hydrogen-bond donors (Lipinski definition) is 0. The van der Waals surface area contributed by atoms with Gasteiger partial charge in [0.2, 0.25) is 0 Å². The zero-order valence-corrected chi connectivity index (χ0v) is 18.6. The van der Waals surface area contributed by atoms with E-state index >= 15 is 0 Å². The van der Waals surface area contributed by atoms with Gasteiger partial charge in [-0.1, -0.05) is 129 Å². The van der Waals surface area contributed by atoms with Gasteiger partial charge >= 0.3 is 0 Å². The molecule has 0 saturated heterocycles. The van der Waals surface area contributed by atoms with Crippen LogP contribution in [0.3, 0.4) is 0 Å². The lowest BCUT2D eigenvalue weighted by Gasteiger charge is -2.01. The highest BCUT2D eigenvalue weighted by molar-refractivity contribution is 4.98. The van der Waals surface area contributed by atoms with Crippen molar-refractivity contribution in [3.8, 4) is 11.8 Å². The van der Waals surface area contributed by atoms with Gasteiger partial charge < -0.3 is 0 Å². The second-order valence-corrected chi connectivity index (χ2v) is 8.22. The van der Waals surface area contributed by atoms with Crippen LogP contribution in [-0.4, -0.2) is 0 Å². The highest BCUT2D eigenvalue weighted by Crippen LogP contribution is 2.12. The first-order valence-electron chi connectivity index (χ1n) is 12.4. The van der Waals surface area contributed by atoms with E-state index in [4.69, 9.17) is 0 Å². The van der Waals surface area contributed by atoms with E-state index in [0.29, 0.717) is 0 Å². The van der Waals surface area contributed by atoms with Gasteiger partial charge in [-0.2, -0.15) is 0 Å². The Bertz CT molecular complexity index is 265. The molecule has 0 aliphatic heterocycles. The van der Waals surface area contributed by atoms with Gasteiger partial charge in [-0.05, 0) is 12.8 Å². The Morgan fingerprint density at radius 1 is 0.308 bits per heavy atom. The molecule has 0 amide bonds. The molecule has 0 radical (unpaired) electrons. The fourth-order valence-electron chi connectivity index (χ4n) is 3.58. The van der Waals surface area contributed by atoms with Crippen molar-refractivity contribution in [3.05, 3.63) is 0 Å². The van der Waals surface area contributed by atoms with Gasteiger partial charge in [-0.25, -0.2) is 0 Å². The van der Waals surface area contributed by atoms with E-state index < -0.39 is 0 Å². The van der Waals surface area contributed by atoms with E-state index in [1.54, 1.807) is 0 Å². The van der Waals surface area contributed by atoms with E-state index in [-0.39, 0.29) is 0 Å². The van der Waals surface area contributed by atoms with Gasteiger partial charge in [-0.15, -0.1) is 11.8 Å². The van der Waals surface area contributed by atoms with E-state index in [1.807, 2.05) is 0 Å². The lowest BCUT2D eigenvalue weighted by atomic mass is 10.1. The Labute approximate surface area is 167 Å². The Balaban J connectivity index is 3.08. The molecular weight excluding hydrogens is 312 g/mol. The minimum atomic E-state index is 1.13. The van der Waals surface area contributed by atoms with Crippen molar-refractivity contribution in [2.45, 2.75) is 155 Å². The van der Waals surface area contributed by atoms with Gasteiger partial charge in [0.15, 0.2) is 0 Å². The fourth-order valence-corrected chi connectivity index (χ4v) is 3.58. The van der Waals surface area contributed by atoms with Crippen molar-refractivity contribution < 1.29 is 0 Å². The highest BCUT2D eigenvalue weighted by atomic mass is 14.0. The largest absolute Gasteiger partial charge is 0.103 e. The lowest BCUT2D eigenvalue weighted by Crippen LogP contribution is -1.82. The molecule has 0 aliphatic rings. The quantitative estimate of drug-likeness (QED) is 0.149. The summed E-state index contributed by atoms with van der Waals surface area (Å²) < 4.78 is 0. The SMILES string of the molecule is CCCCCCCCCCCCC#CCCCCCCCCCCCC. The maximum atomic E-state index is 3.39. The molecule has 0 N–H and O–H groups in total. The molecule has 0 unspecified atom stereocenters. The third-order valence-corrected chi connectivity index (χ3v) is 5.44. The molecule has 0 aromatic carbocycles. The maximum Gasteiger partial charge on any atom is 0.00886 e. The normalized spacial score (nSPS) is 10.7. The molecule has 0 bridgehead atoms. The summed E-state index contributed by atoms with van der Waals surface area (Å²) in [6.07, 6.45) is 30.6. The molecule has 0 rings (SSSR count). The van der Waals surface area contributed by atoms with Crippen LogP contribution in [0.5, 0.6) is 0 Å². The van der Waals surface area contributed by atoms with Crippen molar-refractivity contribution in [2.75, 3.05) is 0 Å². The maximum absolute atomic E-state index is 3.39. The molecule has 0 fully saturated rings. The Morgan fingerprint density at radius 2 is 0.538 bits per heavy atom. The average Bonchev–Trinajstić information content (AvgIpc) is 2.66. The van der Waals surface area contributed by atoms with Gasteiger partial charge in [0.25, 0.3) is 0 Å². The molecule has 154 valence electrons. The van der Waals surface area contributed by atoms with Crippen LogP contribution in [0.4, 0.5) is 0 Å². The summed E-state index contributed by atoms with van der Waals surface area (Å²) in [7, 11) is 0. The van der Waals surface area contributed by atoms with Crippen LogP contribution in [0.15, 0.2) is 0 Å². The van der Waals surface area contributed by atoms with Crippen molar-refractivity contribution in [2.24, 2.45) is 0 Å². The van der Waals surface area contributed by atoms with E-state index in [1.165, 1.54) is 128 Å². The molecule has 0 aromatic rings. The number of unbranched alkanes of at least 4 members (excludes halogenated alkanes) is 20. The summed E-state index contributed by atoms with van der Waals surface area (Å²) in [6.45, 7) is 4.58. The molecule has 0 heteroatoms. The first-order chi connectivity index (χ1) is 12.9. The van der Waals surface area contributed by atoms with Gasteiger partial charge in [0.05, 0.1) is 0 Å². The second kappa shape index (κ2) is 24.6. The van der Waals surface area contributed by atoms with E-state index in [0.717, 1.165) is 12.8 Å². The average molecular weight is 363 g/mol. The van der Waals surface area contributed by atoms with Crippen LogP contribution in [0.2, 0.25) is 0 Å². The lowest BCUT2D eigenvalue weighted by molar-refractivity contribution is 0.557.